The molecule has 1 aliphatic heterocycles. The SMILES string of the molecule is O=C1Cn2c(Cc3ccncc3)nc(NC(=O)c3cc(F)cc(C(F)(F)F)c3)c2C(c2cc(F)ccc2Cl)N1. The third kappa shape index (κ3) is 5.46. The number of carbonyl (C=O) groups is 2. The van der Waals surface area contributed by atoms with Gasteiger partial charge in [-0.15, -0.1) is 0 Å². The summed E-state index contributed by atoms with van der Waals surface area (Å²) < 4.78 is 69.3. The van der Waals surface area contributed by atoms with Crippen molar-refractivity contribution in [2.24, 2.45) is 0 Å². The van der Waals surface area contributed by atoms with E-state index in [1.807, 2.05) is 0 Å². The first-order valence-electron chi connectivity index (χ1n) is 11.4. The van der Waals surface area contributed by atoms with Crippen LogP contribution in [-0.4, -0.2) is 26.3 Å². The van der Waals surface area contributed by atoms with Crippen molar-refractivity contribution < 1.29 is 31.5 Å². The van der Waals surface area contributed by atoms with Gasteiger partial charge < -0.3 is 15.2 Å². The van der Waals surface area contributed by atoms with Crippen LogP contribution in [0.15, 0.2) is 60.9 Å². The first-order chi connectivity index (χ1) is 18.5. The van der Waals surface area contributed by atoms with Gasteiger partial charge in [-0.25, -0.2) is 13.8 Å². The third-order valence-corrected chi connectivity index (χ3v) is 6.41. The van der Waals surface area contributed by atoms with Crippen molar-refractivity contribution in [2.45, 2.75) is 25.2 Å². The largest absolute Gasteiger partial charge is 0.416 e. The molecular formula is C26H17ClF5N5O2. The molecule has 200 valence electrons. The Morgan fingerprint density at radius 1 is 1.08 bits per heavy atom. The van der Waals surface area contributed by atoms with E-state index in [1.54, 1.807) is 24.5 Å². The van der Waals surface area contributed by atoms with Crippen molar-refractivity contribution in [1.29, 1.82) is 0 Å². The first-order valence-corrected chi connectivity index (χ1v) is 11.8. The highest BCUT2D eigenvalue weighted by Gasteiger charge is 2.35. The molecule has 0 saturated carbocycles. The lowest BCUT2D eigenvalue weighted by Crippen LogP contribution is -2.40. The zero-order valence-electron chi connectivity index (χ0n) is 19.7. The molecule has 1 aliphatic rings. The second kappa shape index (κ2) is 10.1. The molecule has 39 heavy (non-hydrogen) atoms. The summed E-state index contributed by atoms with van der Waals surface area (Å²) >= 11 is 6.32. The zero-order valence-corrected chi connectivity index (χ0v) is 20.4. The monoisotopic (exact) mass is 561 g/mol. The fourth-order valence-corrected chi connectivity index (χ4v) is 4.56. The highest BCUT2D eigenvalue weighted by atomic mass is 35.5. The number of amides is 2. The van der Waals surface area contributed by atoms with E-state index in [-0.39, 0.29) is 41.1 Å². The minimum absolute atomic E-state index is 0.115. The van der Waals surface area contributed by atoms with E-state index >= 15 is 0 Å². The van der Waals surface area contributed by atoms with E-state index in [4.69, 9.17) is 11.6 Å². The predicted molar refractivity (Wildman–Crippen MR) is 130 cm³/mol. The second-order valence-electron chi connectivity index (χ2n) is 8.73. The second-order valence-corrected chi connectivity index (χ2v) is 9.13. The van der Waals surface area contributed by atoms with Crippen LogP contribution in [0.1, 0.15) is 44.6 Å². The van der Waals surface area contributed by atoms with Gasteiger partial charge in [-0.1, -0.05) is 11.6 Å². The molecule has 1 unspecified atom stereocenters. The number of nitrogens with one attached hydrogen (secondary N) is 2. The number of aromatic nitrogens is 3. The maximum atomic E-state index is 14.2. The van der Waals surface area contributed by atoms with E-state index in [0.29, 0.717) is 18.0 Å². The Bertz CT molecular complexity index is 1590. The van der Waals surface area contributed by atoms with Gasteiger partial charge in [0.25, 0.3) is 5.91 Å². The Balaban J connectivity index is 1.62. The fourth-order valence-electron chi connectivity index (χ4n) is 4.34. The van der Waals surface area contributed by atoms with E-state index in [1.165, 1.54) is 10.6 Å². The number of carbonyl (C=O) groups excluding carboxylic acids is 2. The summed E-state index contributed by atoms with van der Waals surface area (Å²) in [4.78, 5) is 34.2. The number of rotatable bonds is 5. The van der Waals surface area contributed by atoms with Gasteiger partial charge in [-0.05, 0) is 54.1 Å². The number of nitrogens with zero attached hydrogens (tertiary/aromatic N) is 3. The number of pyridine rings is 1. The van der Waals surface area contributed by atoms with E-state index < -0.39 is 46.8 Å². The Morgan fingerprint density at radius 2 is 1.82 bits per heavy atom. The van der Waals surface area contributed by atoms with Gasteiger partial charge in [0, 0.05) is 35.0 Å². The van der Waals surface area contributed by atoms with Crippen LogP contribution < -0.4 is 10.6 Å². The third-order valence-electron chi connectivity index (χ3n) is 6.07. The highest BCUT2D eigenvalue weighted by molar-refractivity contribution is 6.31. The fraction of sp³-hybridized carbons (Fsp3) is 0.154. The molecule has 5 rings (SSSR count). The minimum atomic E-state index is -4.88. The van der Waals surface area contributed by atoms with Crippen LogP contribution in [0.2, 0.25) is 5.02 Å². The number of hydrogen-bond donors (Lipinski definition) is 2. The minimum Gasteiger partial charge on any atom is -0.342 e. The maximum Gasteiger partial charge on any atom is 0.416 e. The van der Waals surface area contributed by atoms with Gasteiger partial charge in [0.05, 0.1) is 17.3 Å². The predicted octanol–water partition coefficient (Wildman–Crippen LogP) is 5.29. The molecule has 0 bridgehead atoms. The van der Waals surface area contributed by atoms with E-state index in [0.717, 1.165) is 17.7 Å². The van der Waals surface area contributed by atoms with Gasteiger partial charge in [0.2, 0.25) is 5.91 Å². The Hall–Kier alpha value is -4.32. The van der Waals surface area contributed by atoms with Crippen molar-refractivity contribution in [3.8, 4) is 0 Å². The van der Waals surface area contributed by atoms with Crippen molar-refractivity contribution in [3.63, 3.8) is 0 Å². The topological polar surface area (TPSA) is 88.9 Å². The molecule has 2 N–H and O–H groups in total. The van der Waals surface area contributed by atoms with Gasteiger partial charge in [0.15, 0.2) is 5.82 Å². The van der Waals surface area contributed by atoms with Gasteiger partial charge in [0.1, 0.15) is 24.0 Å². The smallest absolute Gasteiger partial charge is 0.342 e. The van der Waals surface area contributed by atoms with Crippen LogP contribution in [-0.2, 0) is 23.9 Å². The molecule has 0 fully saturated rings. The summed E-state index contributed by atoms with van der Waals surface area (Å²) in [6.07, 6.45) is -1.57. The zero-order chi connectivity index (χ0) is 27.9. The normalized spacial score (nSPS) is 15.0. The molecule has 4 aromatic rings. The maximum absolute atomic E-state index is 14.2. The van der Waals surface area contributed by atoms with Gasteiger partial charge in [-0.2, -0.15) is 13.2 Å². The lowest BCUT2D eigenvalue weighted by atomic mass is 10.0. The van der Waals surface area contributed by atoms with E-state index in [9.17, 15) is 31.5 Å². The summed E-state index contributed by atoms with van der Waals surface area (Å²) in [5, 5.41) is 5.26. The quantitative estimate of drug-likeness (QED) is 0.324. The molecule has 2 aromatic heterocycles. The van der Waals surface area contributed by atoms with Crippen LogP contribution in [0.5, 0.6) is 0 Å². The summed E-state index contributed by atoms with van der Waals surface area (Å²) in [5.41, 5.74) is -0.787. The summed E-state index contributed by atoms with van der Waals surface area (Å²) in [5.74, 6) is -3.20. The molecular weight excluding hydrogens is 545 g/mol. The van der Waals surface area contributed by atoms with Crippen molar-refractivity contribution in [2.75, 3.05) is 5.32 Å². The lowest BCUT2D eigenvalue weighted by molar-refractivity contribution is -0.137. The molecule has 0 saturated heterocycles. The van der Waals surface area contributed by atoms with Gasteiger partial charge in [-0.3, -0.25) is 14.6 Å². The number of alkyl halides is 3. The Kier molecular flexibility index (Phi) is 6.81. The standard InChI is InChI=1S/C26H17ClF5N5O2/c27-19-2-1-16(28)11-18(19)22-23-24(36-25(39)14-8-15(26(30,31)32)10-17(29)9-14)34-20(37(23)12-21(38)35-22)7-13-3-5-33-6-4-13/h1-6,8-11,22H,7,12H2,(H,35,38)(H,36,39). The van der Waals surface area contributed by atoms with Crippen molar-refractivity contribution in [3.05, 3.63) is 111 Å². The summed E-state index contributed by atoms with van der Waals surface area (Å²) in [6.45, 7) is -0.208. The molecule has 2 amide bonds. The molecule has 2 aromatic carbocycles. The van der Waals surface area contributed by atoms with Crippen molar-refractivity contribution in [1.82, 2.24) is 19.9 Å². The molecule has 0 spiro atoms. The number of benzene rings is 2. The van der Waals surface area contributed by atoms with Crippen LogP contribution in [0, 0.1) is 11.6 Å². The molecule has 7 nitrogen and oxygen atoms in total. The Labute approximate surface area is 222 Å². The summed E-state index contributed by atoms with van der Waals surface area (Å²) in [6, 6.07) is 7.37. The molecule has 1 atom stereocenters. The highest BCUT2D eigenvalue weighted by Crippen LogP contribution is 2.37. The molecule has 3 heterocycles. The number of fused-ring (bicyclic) bond motifs is 1. The van der Waals surface area contributed by atoms with Crippen LogP contribution in [0.25, 0.3) is 0 Å². The molecule has 0 radical (unpaired) electrons. The average Bonchev–Trinajstić information content (AvgIpc) is 3.21. The summed E-state index contributed by atoms with van der Waals surface area (Å²) in [7, 11) is 0. The Morgan fingerprint density at radius 3 is 2.54 bits per heavy atom. The van der Waals surface area contributed by atoms with E-state index in [2.05, 4.69) is 20.6 Å². The number of imidazole rings is 1. The van der Waals surface area contributed by atoms with Crippen LogP contribution in [0.3, 0.4) is 0 Å². The van der Waals surface area contributed by atoms with Gasteiger partial charge >= 0.3 is 6.18 Å². The lowest BCUT2D eigenvalue weighted by Gasteiger charge is -2.28. The molecule has 13 heteroatoms. The number of halogens is 6. The number of anilines is 1. The van der Waals surface area contributed by atoms with Crippen molar-refractivity contribution >= 4 is 29.2 Å². The van der Waals surface area contributed by atoms with Crippen LogP contribution in [0.4, 0.5) is 27.8 Å². The number of hydrogen-bond acceptors (Lipinski definition) is 4. The van der Waals surface area contributed by atoms with Crippen LogP contribution >= 0.6 is 11.6 Å². The average molecular weight is 562 g/mol. The molecule has 0 aliphatic carbocycles. The first kappa shape index (κ1) is 26.3.